The van der Waals surface area contributed by atoms with Crippen molar-refractivity contribution in [1.82, 2.24) is 14.7 Å². The van der Waals surface area contributed by atoms with Gasteiger partial charge in [0.05, 0.1) is 6.54 Å². The number of halogens is 1. The predicted molar refractivity (Wildman–Crippen MR) is 76.4 cm³/mol. The number of aliphatic carboxylic acids is 1. The average molecular weight is 291 g/mol. The molecule has 1 aromatic carbocycles. The highest BCUT2D eigenvalue weighted by molar-refractivity contribution is 5.75. The van der Waals surface area contributed by atoms with Gasteiger partial charge in [-0.2, -0.15) is 5.10 Å². The van der Waals surface area contributed by atoms with E-state index in [4.69, 9.17) is 0 Å². The van der Waals surface area contributed by atoms with Gasteiger partial charge >= 0.3 is 5.97 Å². The van der Waals surface area contributed by atoms with Crippen molar-refractivity contribution in [3.05, 3.63) is 53.6 Å². The first kappa shape index (κ1) is 15.2. The van der Waals surface area contributed by atoms with E-state index < -0.39 is 12.0 Å². The second-order valence-corrected chi connectivity index (χ2v) is 5.00. The van der Waals surface area contributed by atoms with Crippen LogP contribution in [0.15, 0.2) is 36.7 Å². The van der Waals surface area contributed by atoms with Gasteiger partial charge in [0.25, 0.3) is 0 Å². The molecule has 5 nitrogen and oxygen atoms in total. The van der Waals surface area contributed by atoms with Gasteiger partial charge in [0.1, 0.15) is 11.9 Å². The summed E-state index contributed by atoms with van der Waals surface area (Å²) in [6, 6.07) is 5.42. The van der Waals surface area contributed by atoms with Crippen LogP contribution in [0.3, 0.4) is 0 Å². The maximum atomic E-state index is 13.3. The van der Waals surface area contributed by atoms with E-state index in [0.717, 1.165) is 0 Å². The van der Waals surface area contributed by atoms with Crippen molar-refractivity contribution < 1.29 is 14.3 Å². The topological polar surface area (TPSA) is 58.4 Å². The van der Waals surface area contributed by atoms with E-state index in [1.165, 1.54) is 12.1 Å². The number of aryl methyl sites for hydroxylation is 1. The minimum Gasteiger partial charge on any atom is -0.480 e. The molecule has 112 valence electrons. The Morgan fingerprint density at radius 3 is 2.86 bits per heavy atom. The summed E-state index contributed by atoms with van der Waals surface area (Å²) >= 11 is 0. The first-order valence-corrected chi connectivity index (χ1v) is 6.65. The fourth-order valence-corrected chi connectivity index (χ4v) is 2.25. The highest BCUT2D eigenvalue weighted by atomic mass is 19.1. The number of rotatable bonds is 6. The Morgan fingerprint density at radius 2 is 2.29 bits per heavy atom. The number of nitrogens with zero attached hydrogens (tertiary/aromatic N) is 3. The molecule has 0 unspecified atom stereocenters. The van der Waals surface area contributed by atoms with E-state index in [1.807, 2.05) is 12.3 Å². The molecule has 21 heavy (non-hydrogen) atoms. The van der Waals surface area contributed by atoms with E-state index in [1.54, 1.807) is 35.8 Å². The van der Waals surface area contributed by atoms with Crippen LogP contribution < -0.4 is 0 Å². The maximum absolute atomic E-state index is 13.3. The summed E-state index contributed by atoms with van der Waals surface area (Å²) in [5.74, 6) is -1.29. The lowest BCUT2D eigenvalue weighted by molar-refractivity contribution is -0.143. The minimum atomic E-state index is -0.955. The van der Waals surface area contributed by atoms with Crippen LogP contribution in [0.5, 0.6) is 0 Å². The number of carbonyl (C=O) groups is 1. The molecule has 0 radical (unpaired) electrons. The number of aromatic nitrogens is 2. The number of benzene rings is 1. The normalized spacial score (nSPS) is 12.6. The summed E-state index contributed by atoms with van der Waals surface area (Å²) in [7, 11) is 1.74. The molecule has 0 bridgehead atoms. The van der Waals surface area contributed by atoms with Crippen LogP contribution in [0, 0.1) is 12.7 Å². The second kappa shape index (κ2) is 6.49. The summed E-state index contributed by atoms with van der Waals surface area (Å²) in [6.45, 7) is 2.74. The van der Waals surface area contributed by atoms with Crippen LogP contribution in [-0.2, 0) is 11.3 Å². The van der Waals surface area contributed by atoms with Crippen molar-refractivity contribution in [2.75, 3.05) is 13.6 Å². The second-order valence-electron chi connectivity index (χ2n) is 5.00. The third kappa shape index (κ3) is 3.66. The fourth-order valence-electron chi connectivity index (χ4n) is 2.25. The Labute approximate surface area is 122 Å². The van der Waals surface area contributed by atoms with Gasteiger partial charge in [0.2, 0.25) is 0 Å². The number of likely N-dealkylation sites (N-methyl/N-ethyl adjacent to an activating group) is 1. The van der Waals surface area contributed by atoms with E-state index in [2.05, 4.69) is 5.10 Å². The third-order valence-electron chi connectivity index (χ3n) is 3.41. The van der Waals surface area contributed by atoms with Gasteiger partial charge in [-0.25, -0.2) is 4.39 Å². The zero-order chi connectivity index (χ0) is 15.4. The summed E-state index contributed by atoms with van der Waals surface area (Å²) in [5.41, 5.74) is 1.02. The lowest BCUT2D eigenvalue weighted by Crippen LogP contribution is -2.33. The molecule has 1 heterocycles. The van der Waals surface area contributed by atoms with Crippen LogP contribution in [0.4, 0.5) is 4.39 Å². The summed E-state index contributed by atoms with van der Waals surface area (Å²) in [4.78, 5) is 13.3. The third-order valence-corrected chi connectivity index (χ3v) is 3.41. The minimum absolute atomic E-state index is 0.331. The van der Waals surface area contributed by atoms with Gasteiger partial charge in [-0.1, -0.05) is 12.1 Å². The molecule has 0 saturated heterocycles. The van der Waals surface area contributed by atoms with Gasteiger partial charge in [-0.05, 0) is 37.2 Å². The largest absolute Gasteiger partial charge is 0.480 e. The average Bonchev–Trinajstić information content (AvgIpc) is 2.93. The molecule has 2 aromatic rings. The molecule has 6 heteroatoms. The number of hydrogen-bond donors (Lipinski definition) is 1. The van der Waals surface area contributed by atoms with Crippen LogP contribution >= 0.6 is 0 Å². The van der Waals surface area contributed by atoms with Crippen LogP contribution in [-0.4, -0.2) is 39.3 Å². The smallest absolute Gasteiger partial charge is 0.325 e. The predicted octanol–water partition coefficient (Wildman–Crippen LogP) is 2.09. The summed E-state index contributed by atoms with van der Waals surface area (Å²) < 4.78 is 15.1. The molecular weight excluding hydrogens is 273 g/mol. The molecule has 0 aliphatic carbocycles. The lowest BCUT2D eigenvalue weighted by Gasteiger charge is -2.25. The zero-order valence-electron chi connectivity index (χ0n) is 12.0. The van der Waals surface area contributed by atoms with Gasteiger partial charge in [-0.3, -0.25) is 14.4 Å². The summed E-state index contributed by atoms with van der Waals surface area (Å²) in [5, 5.41) is 13.5. The molecular formula is C15H18FN3O2. The molecule has 0 saturated carbocycles. The molecule has 0 fully saturated rings. The van der Waals surface area contributed by atoms with Crippen molar-refractivity contribution in [3.63, 3.8) is 0 Å². The van der Waals surface area contributed by atoms with Gasteiger partial charge < -0.3 is 5.11 Å². The molecule has 0 spiro atoms. The maximum Gasteiger partial charge on any atom is 0.325 e. The molecule has 0 amide bonds. The highest BCUT2D eigenvalue weighted by Crippen LogP contribution is 2.22. The van der Waals surface area contributed by atoms with Crippen molar-refractivity contribution in [3.8, 4) is 0 Å². The molecule has 0 aliphatic heterocycles. The Bertz CT molecular complexity index is 613. The highest BCUT2D eigenvalue weighted by Gasteiger charge is 2.25. The van der Waals surface area contributed by atoms with Crippen LogP contribution in [0.25, 0.3) is 0 Å². The van der Waals surface area contributed by atoms with E-state index >= 15 is 0 Å². The molecule has 1 aromatic heterocycles. The first-order valence-electron chi connectivity index (χ1n) is 6.65. The Hall–Kier alpha value is -2.21. The monoisotopic (exact) mass is 291 g/mol. The van der Waals surface area contributed by atoms with Crippen LogP contribution in [0.2, 0.25) is 0 Å². The first-order chi connectivity index (χ1) is 9.99. The van der Waals surface area contributed by atoms with Crippen LogP contribution in [0.1, 0.15) is 17.2 Å². The van der Waals surface area contributed by atoms with Crippen molar-refractivity contribution in [2.24, 2.45) is 0 Å². The summed E-state index contributed by atoms with van der Waals surface area (Å²) in [6.07, 6.45) is 3.50. The Morgan fingerprint density at radius 1 is 1.52 bits per heavy atom. The van der Waals surface area contributed by atoms with E-state index in [0.29, 0.717) is 24.2 Å². The van der Waals surface area contributed by atoms with Gasteiger partial charge in [-0.15, -0.1) is 0 Å². The number of hydrogen-bond acceptors (Lipinski definition) is 3. The van der Waals surface area contributed by atoms with E-state index in [9.17, 15) is 14.3 Å². The Kier molecular flexibility index (Phi) is 4.70. The Balaban J connectivity index is 2.13. The van der Waals surface area contributed by atoms with Gasteiger partial charge in [0.15, 0.2) is 0 Å². The van der Waals surface area contributed by atoms with Crippen molar-refractivity contribution >= 4 is 5.97 Å². The van der Waals surface area contributed by atoms with Crippen molar-refractivity contribution in [2.45, 2.75) is 19.5 Å². The SMILES string of the molecule is Cc1cc([C@H](C(=O)O)N(C)CCn2cccn2)ccc1F. The molecule has 0 aliphatic rings. The molecule has 2 rings (SSSR count). The zero-order valence-corrected chi connectivity index (χ0v) is 12.0. The number of carboxylic acids is 1. The van der Waals surface area contributed by atoms with E-state index in [-0.39, 0.29) is 5.82 Å². The lowest BCUT2D eigenvalue weighted by atomic mass is 10.0. The standard InChI is InChI=1S/C15H18FN3O2/c1-11-10-12(4-5-13(11)16)14(15(20)21)18(2)8-9-19-7-3-6-17-19/h3-7,10,14H,8-9H2,1-2H3,(H,20,21)/t14-/m1/s1. The van der Waals surface area contributed by atoms with Crippen molar-refractivity contribution in [1.29, 1.82) is 0 Å². The van der Waals surface area contributed by atoms with Gasteiger partial charge in [0, 0.05) is 18.9 Å². The molecule has 1 N–H and O–H groups in total. The number of carboxylic acid groups (broad SMARTS) is 1. The fraction of sp³-hybridized carbons (Fsp3) is 0.333. The quantitative estimate of drug-likeness (QED) is 0.885. The molecule has 1 atom stereocenters.